The molecule has 0 atom stereocenters. The standard InChI is InChI=1S/C21H28N4O4/c1-5-19(27)23-6-8-24(9-7-23)20-14(2)10-17(11-15(20)3)18-12-25(29-21(18)28)13-22-16(4)26/h10-12H,5-9,13H2,1-4H3,(H,22,26). The Hall–Kier alpha value is -3.03. The van der Waals surface area contributed by atoms with Gasteiger partial charge < -0.3 is 19.6 Å². The Bertz CT molecular complexity index is 944. The van der Waals surface area contributed by atoms with E-state index >= 15 is 0 Å². The van der Waals surface area contributed by atoms with Crippen LogP contribution in [-0.2, 0) is 16.3 Å². The summed E-state index contributed by atoms with van der Waals surface area (Å²) in [7, 11) is 0. The van der Waals surface area contributed by atoms with E-state index in [2.05, 4.69) is 10.2 Å². The highest BCUT2D eigenvalue weighted by molar-refractivity contribution is 5.76. The minimum atomic E-state index is -0.436. The molecule has 1 fully saturated rings. The van der Waals surface area contributed by atoms with Crippen LogP contribution in [0.15, 0.2) is 27.6 Å². The predicted molar refractivity (Wildman–Crippen MR) is 111 cm³/mol. The predicted octanol–water partition coefficient (Wildman–Crippen LogP) is 1.88. The smallest absolute Gasteiger partial charge is 0.365 e. The number of aromatic nitrogens is 1. The fourth-order valence-corrected chi connectivity index (χ4v) is 3.85. The normalized spacial score (nSPS) is 14.2. The molecule has 29 heavy (non-hydrogen) atoms. The third kappa shape index (κ3) is 4.52. The van der Waals surface area contributed by atoms with Crippen LogP contribution in [0, 0.1) is 13.8 Å². The summed E-state index contributed by atoms with van der Waals surface area (Å²) in [6, 6.07) is 3.97. The number of rotatable bonds is 5. The molecule has 0 saturated carbocycles. The van der Waals surface area contributed by atoms with E-state index in [1.54, 1.807) is 6.20 Å². The largest absolute Gasteiger partial charge is 0.368 e. The summed E-state index contributed by atoms with van der Waals surface area (Å²) in [5.74, 6) is 0.00335. The number of nitrogens with one attached hydrogen (secondary N) is 1. The number of piperazine rings is 1. The highest BCUT2D eigenvalue weighted by atomic mass is 16.5. The first-order valence-electron chi connectivity index (χ1n) is 9.89. The first-order chi connectivity index (χ1) is 13.8. The number of benzene rings is 1. The van der Waals surface area contributed by atoms with Crippen molar-refractivity contribution in [3.05, 3.63) is 39.9 Å². The summed E-state index contributed by atoms with van der Waals surface area (Å²) in [6.45, 7) is 10.5. The molecule has 1 N–H and O–H groups in total. The average molecular weight is 400 g/mol. The molecule has 0 unspecified atom stereocenters. The van der Waals surface area contributed by atoms with Gasteiger partial charge in [0.2, 0.25) is 11.8 Å². The first kappa shape index (κ1) is 20.7. The fraction of sp³-hybridized carbons (Fsp3) is 0.476. The molecule has 0 spiro atoms. The highest BCUT2D eigenvalue weighted by Crippen LogP contribution is 2.31. The summed E-state index contributed by atoms with van der Waals surface area (Å²) in [6.07, 6.45) is 2.15. The van der Waals surface area contributed by atoms with Crippen LogP contribution in [0.4, 0.5) is 5.69 Å². The number of carbonyl (C=O) groups is 2. The molecule has 0 bridgehead atoms. The van der Waals surface area contributed by atoms with Gasteiger partial charge in [0.1, 0.15) is 6.67 Å². The summed E-state index contributed by atoms with van der Waals surface area (Å²) in [5, 5.41) is 2.60. The maximum absolute atomic E-state index is 12.3. The maximum Gasteiger partial charge on any atom is 0.365 e. The van der Waals surface area contributed by atoms with E-state index in [0.29, 0.717) is 12.0 Å². The lowest BCUT2D eigenvalue weighted by Crippen LogP contribution is -2.49. The van der Waals surface area contributed by atoms with Crippen molar-refractivity contribution in [1.29, 1.82) is 0 Å². The van der Waals surface area contributed by atoms with Gasteiger partial charge >= 0.3 is 5.63 Å². The van der Waals surface area contributed by atoms with Gasteiger partial charge in [-0.1, -0.05) is 6.92 Å². The minimum Gasteiger partial charge on any atom is -0.368 e. The van der Waals surface area contributed by atoms with Gasteiger partial charge in [0.15, 0.2) is 0 Å². The lowest BCUT2D eigenvalue weighted by Gasteiger charge is -2.37. The molecule has 8 nitrogen and oxygen atoms in total. The first-order valence-corrected chi connectivity index (χ1v) is 9.89. The van der Waals surface area contributed by atoms with Crippen molar-refractivity contribution in [3.8, 4) is 11.1 Å². The number of amides is 2. The molecule has 2 heterocycles. The second-order valence-electron chi connectivity index (χ2n) is 7.41. The Balaban J connectivity index is 1.81. The molecular weight excluding hydrogens is 372 g/mol. The number of carbonyl (C=O) groups excluding carboxylic acids is 2. The maximum atomic E-state index is 12.3. The van der Waals surface area contributed by atoms with Crippen molar-refractivity contribution < 1.29 is 14.1 Å². The Kier molecular flexibility index (Phi) is 6.10. The van der Waals surface area contributed by atoms with Crippen LogP contribution in [0.5, 0.6) is 0 Å². The van der Waals surface area contributed by atoms with E-state index in [-0.39, 0.29) is 18.5 Å². The number of nitrogens with zero attached hydrogens (tertiary/aromatic N) is 3. The summed E-state index contributed by atoms with van der Waals surface area (Å²) >= 11 is 0. The van der Waals surface area contributed by atoms with Crippen LogP contribution < -0.4 is 15.8 Å². The minimum absolute atomic E-state index is 0.112. The molecule has 1 aromatic heterocycles. The number of aryl methyl sites for hydroxylation is 2. The highest BCUT2D eigenvalue weighted by Gasteiger charge is 2.23. The van der Waals surface area contributed by atoms with Crippen molar-refractivity contribution in [3.63, 3.8) is 0 Å². The second-order valence-corrected chi connectivity index (χ2v) is 7.41. The van der Waals surface area contributed by atoms with E-state index in [1.165, 1.54) is 11.7 Å². The quantitative estimate of drug-likeness (QED) is 0.828. The molecular formula is C21H28N4O4. The van der Waals surface area contributed by atoms with Crippen molar-refractivity contribution in [2.24, 2.45) is 0 Å². The SMILES string of the molecule is CCC(=O)N1CCN(c2c(C)cc(-c3cn(CNC(C)=O)oc3=O)cc2C)CC1. The lowest BCUT2D eigenvalue weighted by atomic mass is 9.99. The van der Waals surface area contributed by atoms with Crippen molar-refractivity contribution in [1.82, 2.24) is 15.0 Å². The second kappa shape index (κ2) is 8.55. The molecule has 3 rings (SSSR count). The zero-order chi connectivity index (χ0) is 21.1. The van der Waals surface area contributed by atoms with E-state index in [1.807, 2.05) is 37.8 Å². The van der Waals surface area contributed by atoms with Crippen LogP contribution >= 0.6 is 0 Å². The van der Waals surface area contributed by atoms with Gasteiger partial charge in [0, 0.05) is 45.2 Å². The Morgan fingerprint density at radius 2 is 1.72 bits per heavy atom. The topological polar surface area (TPSA) is 87.8 Å². The van der Waals surface area contributed by atoms with E-state index in [9.17, 15) is 14.4 Å². The van der Waals surface area contributed by atoms with E-state index in [4.69, 9.17) is 4.52 Å². The molecule has 2 aromatic rings. The summed E-state index contributed by atoms with van der Waals surface area (Å²) in [4.78, 5) is 39.5. The Morgan fingerprint density at radius 3 is 2.28 bits per heavy atom. The number of hydrogen-bond donors (Lipinski definition) is 1. The Labute approximate surface area is 170 Å². The van der Waals surface area contributed by atoms with Crippen LogP contribution in [0.3, 0.4) is 0 Å². The molecule has 2 amide bonds. The van der Waals surface area contributed by atoms with Gasteiger partial charge in [-0.3, -0.25) is 9.59 Å². The zero-order valence-electron chi connectivity index (χ0n) is 17.4. The Morgan fingerprint density at radius 1 is 1.10 bits per heavy atom. The monoisotopic (exact) mass is 400 g/mol. The van der Waals surface area contributed by atoms with Crippen LogP contribution in [0.25, 0.3) is 11.1 Å². The molecule has 8 heteroatoms. The molecule has 0 aliphatic carbocycles. The van der Waals surface area contributed by atoms with Crippen LogP contribution in [-0.4, -0.2) is 47.6 Å². The zero-order valence-corrected chi connectivity index (χ0v) is 17.4. The molecule has 1 saturated heterocycles. The molecule has 156 valence electrons. The summed E-state index contributed by atoms with van der Waals surface area (Å²) < 4.78 is 6.51. The third-order valence-electron chi connectivity index (χ3n) is 5.23. The van der Waals surface area contributed by atoms with E-state index < -0.39 is 5.63 Å². The third-order valence-corrected chi connectivity index (χ3v) is 5.23. The van der Waals surface area contributed by atoms with Gasteiger partial charge in [0.25, 0.3) is 0 Å². The number of hydrogen-bond acceptors (Lipinski definition) is 5. The van der Waals surface area contributed by atoms with Gasteiger partial charge in [-0.05, 0) is 42.7 Å². The molecule has 0 radical (unpaired) electrons. The molecule has 1 aliphatic heterocycles. The van der Waals surface area contributed by atoms with Gasteiger partial charge in [-0.2, -0.15) is 4.74 Å². The number of anilines is 1. The van der Waals surface area contributed by atoms with E-state index in [0.717, 1.165) is 48.6 Å². The van der Waals surface area contributed by atoms with Gasteiger partial charge in [-0.25, -0.2) is 4.79 Å². The summed E-state index contributed by atoms with van der Waals surface area (Å²) in [5.41, 5.74) is 4.12. The van der Waals surface area contributed by atoms with Crippen molar-refractivity contribution in [2.45, 2.75) is 40.8 Å². The van der Waals surface area contributed by atoms with Crippen molar-refractivity contribution >= 4 is 17.5 Å². The van der Waals surface area contributed by atoms with Crippen LogP contribution in [0.2, 0.25) is 0 Å². The van der Waals surface area contributed by atoms with Crippen LogP contribution in [0.1, 0.15) is 31.4 Å². The van der Waals surface area contributed by atoms with Gasteiger partial charge in [0.05, 0.1) is 11.8 Å². The van der Waals surface area contributed by atoms with Gasteiger partial charge in [-0.15, -0.1) is 0 Å². The molecule has 1 aromatic carbocycles. The fourth-order valence-electron chi connectivity index (χ4n) is 3.85. The average Bonchev–Trinajstić information content (AvgIpc) is 3.06. The molecule has 1 aliphatic rings. The lowest BCUT2D eigenvalue weighted by molar-refractivity contribution is -0.131. The van der Waals surface area contributed by atoms with Crippen molar-refractivity contribution in [2.75, 3.05) is 31.1 Å².